The Morgan fingerprint density at radius 3 is 2.82 bits per heavy atom. The fourth-order valence-corrected chi connectivity index (χ4v) is 2.28. The van der Waals surface area contributed by atoms with Gasteiger partial charge in [-0.15, -0.1) is 11.8 Å². The number of allylic oxidation sites excluding steroid dienone is 3. The summed E-state index contributed by atoms with van der Waals surface area (Å²) in [5, 5.41) is 0. The Morgan fingerprint density at radius 2 is 2.27 bits per heavy atom. The van der Waals surface area contributed by atoms with Gasteiger partial charge in [-0.2, -0.15) is 0 Å². The number of hydrogen-bond acceptors (Lipinski definition) is 2. The maximum absolute atomic E-state index is 5.24. The number of ether oxygens (including phenoxy) is 1. The monoisotopic (exact) mass is 234 g/mol. The molecule has 0 spiro atoms. The van der Waals surface area contributed by atoms with E-state index in [1.807, 2.05) is 0 Å². The quantitative estimate of drug-likeness (QED) is 0.726. The molecule has 1 aliphatic rings. The number of thioether (sulfide) groups is 1. The van der Waals surface area contributed by atoms with Crippen LogP contribution in [-0.4, -0.2) is 13.4 Å². The van der Waals surface area contributed by atoms with Gasteiger partial charge in [0.2, 0.25) is 0 Å². The first kappa shape index (κ1) is 9.20. The van der Waals surface area contributed by atoms with E-state index < -0.39 is 0 Å². The van der Waals surface area contributed by atoms with Crippen molar-refractivity contribution in [3.63, 3.8) is 0 Å². The highest BCUT2D eigenvalue weighted by Gasteiger charge is 2.11. The van der Waals surface area contributed by atoms with Crippen LogP contribution in [0, 0.1) is 0 Å². The summed E-state index contributed by atoms with van der Waals surface area (Å²) in [6.07, 6.45) is 6.28. The molecule has 0 atom stereocenters. The summed E-state index contributed by atoms with van der Waals surface area (Å²) in [6.45, 7) is 0. The van der Waals surface area contributed by atoms with Crippen LogP contribution in [0.1, 0.15) is 12.8 Å². The van der Waals surface area contributed by atoms with Crippen molar-refractivity contribution in [2.45, 2.75) is 12.8 Å². The molecule has 0 aromatic carbocycles. The van der Waals surface area contributed by atoms with Crippen LogP contribution in [-0.2, 0) is 4.74 Å². The second kappa shape index (κ2) is 4.21. The van der Waals surface area contributed by atoms with E-state index in [4.69, 9.17) is 4.74 Å². The molecule has 1 rings (SSSR count). The molecule has 0 amide bonds. The second-order valence-corrected chi connectivity index (χ2v) is 4.15. The fraction of sp³-hybridized carbons (Fsp3) is 0.500. The van der Waals surface area contributed by atoms with Gasteiger partial charge >= 0.3 is 0 Å². The Kier molecular flexibility index (Phi) is 3.52. The van der Waals surface area contributed by atoms with Crippen LogP contribution in [0.15, 0.2) is 21.2 Å². The Balaban J connectivity index is 2.83. The molecule has 0 unspecified atom stereocenters. The Bertz CT molecular complexity index is 208. The largest absolute Gasteiger partial charge is 0.500 e. The highest BCUT2D eigenvalue weighted by atomic mass is 79.9. The van der Waals surface area contributed by atoms with Gasteiger partial charge in [0, 0.05) is 11.3 Å². The van der Waals surface area contributed by atoms with Crippen LogP contribution in [0.5, 0.6) is 0 Å². The summed E-state index contributed by atoms with van der Waals surface area (Å²) in [6, 6.07) is 0. The van der Waals surface area contributed by atoms with Crippen LogP contribution in [0.25, 0.3) is 0 Å². The summed E-state index contributed by atoms with van der Waals surface area (Å²) in [5.41, 5.74) is 0. The molecule has 0 saturated carbocycles. The average molecular weight is 235 g/mol. The normalized spacial score (nSPS) is 18.3. The van der Waals surface area contributed by atoms with Crippen LogP contribution in [0.4, 0.5) is 0 Å². The van der Waals surface area contributed by atoms with Crippen LogP contribution in [0.3, 0.4) is 0 Å². The first-order chi connectivity index (χ1) is 5.27. The molecule has 0 fully saturated rings. The van der Waals surface area contributed by atoms with Crippen molar-refractivity contribution in [3.05, 3.63) is 21.2 Å². The van der Waals surface area contributed by atoms with Gasteiger partial charge in [-0.1, -0.05) is 15.9 Å². The zero-order chi connectivity index (χ0) is 8.27. The van der Waals surface area contributed by atoms with Gasteiger partial charge in [0.1, 0.15) is 5.76 Å². The summed E-state index contributed by atoms with van der Waals surface area (Å²) in [4.78, 5) is 1.24. The minimum atomic E-state index is 1.02. The number of methoxy groups -OCH3 is 1. The lowest BCUT2D eigenvalue weighted by Crippen LogP contribution is -1.96. The Labute approximate surface area is 80.0 Å². The van der Waals surface area contributed by atoms with Crippen molar-refractivity contribution < 1.29 is 4.74 Å². The van der Waals surface area contributed by atoms with E-state index in [0.717, 1.165) is 18.6 Å². The van der Waals surface area contributed by atoms with Crippen molar-refractivity contribution >= 4 is 27.7 Å². The van der Waals surface area contributed by atoms with E-state index in [1.54, 1.807) is 18.9 Å². The molecule has 0 aromatic rings. The lowest BCUT2D eigenvalue weighted by Gasteiger charge is -2.14. The topological polar surface area (TPSA) is 9.23 Å². The van der Waals surface area contributed by atoms with Gasteiger partial charge in [0.15, 0.2) is 0 Å². The number of halogens is 1. The van der Waals surface area contributed by atoms with E-state index in [1.165, 1.54) is 9.39 Å². The molecule has 0 heterocycles. The van der Waals surface area contributed by atoms with Gasteiger partial charge in [-0.05, 0) is 23.2 Å². The minimum absolute atomic E-state index is 1.02. The summed E-state index contributed by atoms with van der Waals surface area (Å²) < 4.78 is 6.50. The smallest absolute Gasteiger partial charge is 0.109 e. The third kappa shape index (κ3) is 2.27. The van der Waals surface area contributed by atoms with Gasteiger partial charge in [0.05, 0.1) is 7.11 Å². The molecule has 0 saturated heterocycles. The number of rotatable bonds is 2. The minimum Gasteiger partial charge on any atom is -0.500 e. The van der Waals surface area contributed by atoms with Gasteiger partial charge in [-0.3, -0.25) is 0 Å². The zero-order valence-corrected chi connectivity index (χ0v) is 9.09. The molecule has 3 heteroatoms. The van der Waals surface area contributed by atoms with Crippen molar-refractivity contribution in [2.24, 2.45) is 0 Å². The summed E-state index contributed by atoms with van der Waals surface area (Å²) in [7, 11) is 1.73. The predicted octanol–water partition coefficient (Wildman–Crippen LogP) is 3.28. The van der Waals surface area contributed by atoms with E-state index in [9.17, 15) is 0 Å². The summed E-state index contributed by atoms with van der Waals surface area (Å²) in [5.74, 6) is 1.11. The third-order valence-corrected chi connectivity index (χ3v) is 3.03. The van der Waals surface area contributed by atoms with Gasteiger partial charge < -0.3 is 4.74 Å². The molecule has 0 N–H and O–H groups in total. The van der Waals surface area contributed by atoms with E-state index in [-0.39, 0.29) is 0 Å². The molecule has 1 nitrogen and oxygen atoms in total. The molecular weight excluding hydrogens is 224 g/mol. The first-order valence-electron chi connectivity index (χ1n) is 3.45. The molecule has 0 aliphatic heterocycles. The molecular formula is C8H11BrOS. The number of hydrogen-bond donors (Lipinski definition) is 0. The maximum Gasteiger partial charge on any atom is 0.109 e. The second-order valence-electron chi connectivity index (χ2n) is 2.29. The fourth-order valence-electron chi connectivity index (χ4n) is 1.03. The summed E-state index contributed by atoms with van der Waals surface area (Å²) >= 11 is 5.21. The van der Waals surface area contributed by atoms with Crippen LogP contribution in [0.2, 0.25) is 0 Å². The molecule has 1 aliphatic carbocycles. The van der Waals surface area contributed by atoms with Crippen molar-refractivity contribution in [1.29, 1.82) is 0 Å². The SMILES string of the molecule is COC1=C(SC)C=C(Br)CC1. The zero-order valence-electron chi connectivity index (χ0n) is 6.69. The van der Waals surface area contributed by atoms with Crippen LogP contribution < -0.4 is 0 Å². The lowest BCUT2D eigenvalue weighted by atomic mass is 10.1. The first-order valence-corrected chi connectivity index (χ1v) is 5.47. The Hall–Kier alpha value is 0.110. The molecule has 0 bridgehead atoms. The van der Waals surface area contributed by atoms with Crippen molar-refractivity contribution in [1.82, 2.24) is 0 Å². The average Bonchev–Trinajstić information content (AvgIpc) is 2.04. The van der Waals surface area contributed by atoms with E-state index in [0.29, 0.717) is 0 Å². The lowest BCUT2D eigenvalue weighted by molar-refractivity contribution is 0.275. The molecule has 11 heavy (non-hydrogen) atoms. The Morgan fingerprint density at radius 1 is 1.55 bits per heavy atom. The molecule has 0 aromatic heterocycles. The predicted molar refractivity (Wildman–Crippen MR) is 53.8 cm³/mol. The van der Waals surface area contributed by atoms with Crippen LogP contribution >= 0.6 is 27.7 Å². The highest BCUT2D eigenvalue weighted by Crippen LogP contribution is 2.32. The molecule has 0 radical (unpaired) electrons. The maximum atomic E-state index is 5.24. The van der Waals surface area contributed by atoms with Gasteiger partial charge in [-0.25, -0.2) is 0 Å². The van der Waals surface area contributed by atoms with E-state index in [2.05, 4.69) is 28.3 Å². The third-order valence-electron chi connectivity index (χ3n) is 1.62. The van der Waals surface area contributed by atoms with E-state index >= 15 is 0 Å². The van der Waals surface area contributed by atoms with Gasteiger partial charge in [0.25, 0.3) is 0 Å². The van der Waals surface area contributed by atoms with Crippen molar-refractivity contribution in [2.75, 3.05) is 13.4 Å². The molecule has 62 valence electrons. The van der Waals surface area contributed by atoms with Crippen molar-refractivity contribution in [3.8, 4) is 0 Å². The standard InChI is InChI=1S/C8H11BrOS/c1-10-7-4-3-6(9)5-8(7)11-2/h5H,3-4H2,1-2H3. The highest BCUT2D eigenvalue weighted by molar-refractivity contribution is 9.11.